The summed E-state index contributed by atoms with van der Waals surface area (Å²) in [5.41, 5.74) is 1.12. The number of hydrogen-bond donors (Lipinski definition) is 1. The highest BCUT2D eigenvalue weighted by atomic mass is 35.5. The van der Waals surface area contributed by atoms with Gasteiger partial charge in [0.25, 0.3) is 0 Å². The molecule has 1 saturated carbocycles. The van der Waals surface area contributed by atoms with Crippen LogP contribution < -0.4 is 0 Å². The fourth-order valence-electron chi connectivity index (χ4n) is 2.86. The summed E-state index contributed by atoms with van der Waals surface area (Å²) in [5, 5.41) is 10.5. The van der Waals surface area contributed by atoms with Gasteiger partial charge in [-0.2, -0.15) is 0 Å². The van der Waals surface area contributed by atoms with Crippen LogP contribution >= 0.6 is 11.6 Å². The first-order chi connectivity index (χ1) is 8.94. The molecule has 0 heterocycles. The van der Waals surface area contributed by atoms with Gasteiger partial charge in [0.15, 0.2) is 0 Å². The summed E-state index contributed by atoms with van der Waals surface area (Å²) >= 11 is 6.16. The van der Waals surface area contributed by atoms with Crippen LogP contribution in [0.3, 0.4) is 0 Å². The Labute approximate surface area is 120 Å². The van der Waals surface area contributed by atoms with Gasteiger partial charge in [-0.05, 0) is 52.5 Å². The molecule has 0 atom stereocenters. The summed E-state index contributed by atoms with van der Waals surface area (Å²) in [7, 11) is 6.40. The quantitative estimate of drug-likeness (QED) is 0.899. The highest BCUT2D eigenvalue weighted by molar-refractivity contribution is 6.31. The van der Waals surface area contributed by atoms with Crippen LogP contribution in [-0.4, -0.2) is 48.1 Å². The van der Waals surface area contributed by atoms with Crippen LogP contribution in [0.2, 0.25) is 5.02 Å². The van der Waals surface area contributed by atoms with E-state index in [1.54, 1.807) is 12.1 Å². The van der Waals surface area contributed by atoms with Gasteiger partial charge in [-0.3, -0.25) is 0 Å². The molecule has 1 N–H and O–H groups in total. The number of phenolic OH excluding ortho intramolecular Hbond substituents is 1. The molecule has 4 heteroatoms. The standard InChI is InChI=1S/C15H23ClN2O/c1-17(2)15(8-5-9-15)11-18(3)10-12-13(16)6-4-7-14(12)19/h4,6-7,19H,5,8-11H2,1-3H3. The van der Waals surface area contributed by atoms with Crippen molar-refractivity contribution in [3.05, 3.63) is 28.8 Å². The van der Waals surface area contributed by atoms with Crippen molar-refractivity contribution in [2.45, 2.75) is 31.3 Å². The molecule has 0 saturated heterocycles. The first-order valence-corrected chi connectivity index (χ1v) is 7.15. The Hall–Kier alpha value is -0.770. The van der Waals surface area contributed by atoms with Crippen molar-refractivity contribution in [1.82, 2.24) is 9.80 Å². The maximum atomic E-state index is 9.90. The molecule has 19 heavy (non-hydrogen) atoms. The minimum atomic E-state index is 0.284. The molecule has 1 aliphatic rings. The zero-order valence-electron chi connectivity index (χ0n) is 12.0. The van der Waals surface area contributed by atoms with Gasteiger partial charge in [-0.1, -0.05) is 17.7 Å². The van der Waals surface area contributed by atoms with Crippen LogP contribution in [0.5, 0.6) is 5.75 Å². The Bertz CT molecular complexity index is 424. The molecule has 0 amide bonds. The average Bonchev–Trinajstić information content (AvgIpc) is 2.28. The lowest BCUT2D eigenvalue weighted by atomic mass is 9.75. The second-order valence-electron chi connectivity index (χ2n) is 5.88. The van der Waals surface area contributed by atoms with E-state index in [9.17, 15) is 5.11 Å². The minimum absolute atomic E-state index is 0.284. The predicted molar refractivity (Wildman–Crippen MR) is 79.7 cm³/mol. The van der Waals surface area contributed by atoms with Crippen molar-refractivity contribution < 1.29 is 5.11 Å². The van der Waals surface area contributed by atoms with E-state index < -0.39 is 0 Å². The minimum Gasteiger partial charge on any atom is -0.508 e. The highest BCUT2D eigenvalue weighted by Gasteiger charge is 2.39. The third-order valence-corrected chi connectivity index (χ3v) is 4.67. The van der Waals surface area contributed by atoms with E-state index in [4.69, 9.17) is 11.6 Å². The molecule has 0 aliphatic heterocycles. The van der Waals surface area contributed by atoms with E-state index in [1.165, 1.54) is 19.3 Å². The summed E-state index contributed by atoms with van der Waals surface area (Å²) in [6, 6.07) is 5.30. The van der Waals surface area contributed by atoms with Gasteiger partial charge in [-0.15, -0.1) is 0 Å². The van der Waals surface area contributed by atoms with E-state index in [-0.39, 0.29) is 5.75 Å². The average molecular weight is 283 g/mol. The lowest BCUT2D eigenvalue weighted by Crippen LogP contribution is -2.56. The zero-order valence-corrected chi connectivity index (χ0v) is 12.7. The lowest BCUT2D eigenvalue weighted by Gasteiger charge is -2.49. The number of halogens is 1. The summed E-state index contributed by atoms with van der Waals surface area (Å²) in [4.78, 5) is 4.58. The molecule has 1 aromatic rings. The molecular formula is C15H23ClN2O. The number of nitrogens with zero attached hydrogens (tertiary/aromatic N) is 2. The maximum Gasteiger partial charge on any atom is 0.121 e. The summed E-state index contributed by atoms with van der Waals surface area (Å²) in [5.74, 6) is 0.284. The number of rotatable bonds is 5. The third kappa shape index (κ3) is 3.04. The number of aromatic hydroxyl groups is 1. The molecule has 1 fully saturated rings. The van der Waals surface area contributed by atoms with Crippen molar-refractivity contribution in [2.24, 2.45) is 0 Å². The highest BCUT2D eigenvalue weighted by Crippen LogP contribution is 2.37. The van der Waals surface area contributed by atoms with Crippen LogP contribution in [0.25, 0.3) is 0 Å². The maximum absolute atomic E-state index is 9.90. The molecular weight excluding hydrogens is 260 g/mol. The van der Waals surface area contributed by atoms with E-state index in [1.807, 2.05) is 6.07 Å². The van der Waals surface area contributed by atoms with Gasteiger partial charge in [-0.25, -0.2) is 0 Å². The summed E-state index contributed by atoms with van der Waals surface area (Å²) < 4.78 is 0. The second-order valence-corrected chi connectivity index (χ2v) is 6.29. The van der Waals surface area contributed by atoms with Crippen molar-refractivity contribution in [2.75, 3.05) is 27.7 Å². The van der Waals surface area contributed by atoms with E-state index in [0.29, 0.717) is 17.1 Å². The molecule has 2 rings (SSSR count). The van der Waals surface area contributed by atoms with Crippen molar-refractivity contribution in [3.63, 3.8) is 0 Å². The van der Waals surface area contributed by atoms with E-state index >= 15 is 0 Å². The van der Waals surface area contributed by atoms with Crippen LogP contribution in [-0.2, 0) is 6.54 Å². The number of likely N-dealkylation sites (N-methyl/N-ethyl adjacent to an activating group) is 2. The molecule has 0 radical (unpaired) electrons. The molecule has 1 aromatic carbocycles. The molecule has 0 bridgehead atoms. The number of phenols is 1. The largest absolute Gasteiger partial charge is 0.508 e. The SMILES string of the molecule is CN(Cc1c(O)cccc1Cl)CC1(N(C)C)CCC1. The van der Waals surface area contributed by atoms with Crippen molar-refractivity contribution >= 4 is 11.6 Å². The van der Waals surface area contributed by atoms with E-state index in [0.717, 1.165) is 12.1 Å². The second kappa shape index (κ2) is 5.70. The molecule has 1 aliphatic carbocycles. The van der Waals surface area contributed by atoms with Crippen LogP contribution in [0.15, 0.2) is 18.2 Å². The smallest absolute Gasteiger partial charge is 0.121 e. The summed E-state index contributed by atoms with van der Waals surface area (Å²) in [6.45, 7) is 1.69. The molecule has 0 unspecified atom stereocenters. The molecule has 0 spiro atoms. The lowest BCUT2D eigenvalue weighted by molar-refractivity contribution is 0.0257. The summed E-state index contributed by atoms with van der Waals surface area (Å²) in [6.07, 6.45) is 3.81. The molecule has 106 valence electrons. The van der Waals surface area contributed by atoms with Crippen molar-refractivity contribution in [3.8, 4) is 5.75 Å². The van der Waals surface area contributed by atoms with Crippen LogP contribution in [0, 0.1) is 0 Å². The topological polar surface area (TPSA) is 26.7 Å². The Morgan fingerprint density at radius 2 is 1.95 bits per heavy atom. The monoisotopic (exact) mass is 282 g/mol. The van der Waals surface area contributed by atoms with Gasteiger partial charge < -0.3 is 14.9 Å². The fraction of sp³-hybridized carbons (Fsp3) is 0.600. The zero-order chi connectivity index (χ0) is 14.0. The first kappa shape index (κ1) is 14.6. The Morgan fingerprint density at radius 1 is 1.26 bits per heavy atom. The first-order valence-electron chi connectivity index (χ1n) is 6.77. The predicted octanol–water partition coefficient (Wildman–Crippen LogP) is 2.96. The van der Waals surface area contributed by atoms with Crippen molar-refractivity contribution in [1.29, 1.82) is 0 Å². The Kier molecular flexibility index (Phi) is 4.39. The van der Waals surface area contributed by atoms with Crippen LogP contribution in [0.4, 0.5) is 0 Å². The fourth-order valence-corrected chi connectivity index (χ4v) is 3.09. The number of hydrogen-bond acceptors (Lipinski definition) is 3. The molecule has 0 aromatic heterocycles. The third-order valence-electron chi connectivity index (χ3n) is 4.32. The molecule has 3 nitrogen and oxygen atoms in total. The normalized spacial score (nSPS) is 17.8. The van der Waals surface area contributed by atoms with Gasteiger partial charge in [0, 0.05) is 29.2 Å². The van der Waals surface area contributed by atoms with E-state index in [2.05, 4.69) is 30.9 Å². The van der Waals surface area contributed by atoms with Crippen LogP contribution in [0.1, 0.15) is 24.8 Å². The van der Waals surface area contributed by atoms with Gasteiger partial charge in [0.1, 0.15) is 5.75 Å². The Morgan fingerprint density at radius 3 is 2.42 bits per heavy atom. The van der Waals surface area contributed by atoms with Gasteiger partial charge in [0.05, 0.1) is 0 Å². The number of benzene rings is 1. The van der Waals surface area contributed by atoms with Gasteiger partial charge in [0.2, 0.25) is 0 Å². The Balaban J connectivity index is 2.03. The van der Waals surface area contributed by atoms with Gasteiger partial charge >= 0.3 is 0 Å².